The van der Waals surface area contributed by atoms with Crippen molar-refractivity contribution < 1.29 is 23.9 Å². The number of fused-ring (bicyclic) bond motifs is 2. The van der Waals surface area contributed by atoms with Gasteiger partial charge in [-0.1, -0.05) is 18.2 Å². The van der Waals surface area contributed by atoms with Crippen LogP contribution in [0.4, 0.5) is 5.69 Å². The van der Waals surface area contributed by atoms with E-state index in [-0.39, 0.29) is 36.7 Å². The van der Waals surface area contributed by atoms with Gasteiger partial charge >= 0.3 is 13.1 Å². The molecule has 168 valence electrons. The molecule has 3 heterocycles. The third kappa shape index (κ3) is 3.55. The van der Waals surface area contributed by atoms with Gasteiger partial charge in [0.25, 0.3) is 0 Å². The highest BCUT2D eigenvalue weighted by Gasteiger charge is 2.52. The van der Waals surface area contributed by atoms with Crippen molar-refractivity contribution in [2.24, 2.45) is 0 Å². The quantitative estimate of drug-likeness (QED) is 0.695. The van der Waals surface area contributed by atoms with Crippen molar-refractivity contribution in [3.05, 3.63) is 47.3 Å². The number of aliphatic carboxylic acids is 1. The molecule has 0 bridgehead atoms. The van der Waals surface area contributed by atoms with Gasteiger partial charge in [-0.15, -0.1) is 0 Å². The van der Waals surface area contributed by atoms with E-state index in [4.69, 9.17) is 19.2 Å². The highest BCUT2D eigenvalue weighted by molar-refractivity contribution is 6.62. The lowest BCUT2D eigenvalue weighted by atomic mass is 9.75. The van der Waals surface area contributed by atoms with Crippen LogP contribution in [0.3, 0.4) is 0 Å². The predicted molar refractivity (Wildman–Crippen MR) is 122 cm³/mol. The molecule has 3 aliphatic rings. The minimum Gasteiger partial charge on any atom is -0.491 e. The van der Waals surface area contributed by atoms with Gasteiger partial charge in [0.2, 0.25) is 0 Å². The van der Waals surface area contributed by atoms with E-state index in [0.29, 0.717) is 12.4 Å². The molecule has 5 rings (SSSR count). The summed E-state index contributed by atoms with van der Waals surface area (Å²) in [5.41, 5.74) is 4.51. The van der Waals surface area contributed by atoms with Crippen LogP contribution in [-0.2, 0) is 20.5 Å². The number of carbonyl (C=O) groups is 1. The maximum absolute atomic E-state index is 11.1. The summed E-state index contributed by atoms with van der Waals surface area (Å²) in [6, 6.07) is 8.43. The molecule has 1 fully saturated rings. The second-order valence-electron chi connectivity index (χ2n) is 9.95. The molecule has 2 aromatic rings. The largest absolute Gasteiger partial charge is 0.495 e. The van der Waals surface area contributed by atoms with Crippen molar-refractivity contribution in [1.82, 2.24) is 4.98 Å². The molecule has 32 heavy (non-hydrogen) atoms. The van der Waals surface area contributed by atoms with Crippen LogP contribution in [-0.4, -0.2) is 41.0 Å². The summed E-state index contributed by atoms with van der Waals surface area (Å²) in [6.45, 7) is 8.66. The van der Waals surface area contributed by atoms with Gasteiger partial charge in [0, 0.05) is 12.0 Å². The average Bonchev–Trinajstić information content (AvgIpc) is 3.36. The minimum atomic E-state index is -0.837. The van der Waals surface area contributed by atoms with Crippen LogP contribution >= 0.6 is 0 Å². The van der Waals surface area contributed by atoms with Gasteiger partial charge in [-0.3, -0.25) is 9.78 Å². The second kappa shape index (κ2) is 7.49. The van der Waals surface area contributed by atoms with Gasteiger partial charge in [0.1, 0.15) is 5.75 Å². The van der Waals surface area contributed by atoms with Crippen LogP contribution in [0.25, 0.3) is 0 Å². The first-order valence-electron chi connectivity index (χ1n) is 11.2. The van der Waals surface area contributed by atoms with Crippen molar-refractivity contribution in [2.45, 2.75) is 70.1 Å². The Balaban J connectivity index is 1.35. The Bertz CT molecular complexity index is 1050. The number of aromatic nitrogens is 1. The van der Waals surface area contributed by atoms with Gasteiger partial charge in [-0.2, -0.15) is 0 Å². The summed E-state index contributed by atoms with van der Waals surface area (Å²) in [6.07, 6.45) is 3.72. The maximum Gasteiger partial charge on any atom is 0.495 e. The molecule has 1 aromatic carbocycles. The number of hydrogen-bond donors (Lipinski definition) is 2. The van der Waals surface area contributed by atoms with Gasteiger partial charge < -0.3 is 24.5 Å². The average molecular weight is 436 g/mol. The lowest BCUT2D eigenvalue weighted by Gasteiger charge is -2.32. The SMILES string of the molecule is CC1(C)OB(c2cccc3c2CC[C@H]3Nc2cnc3c(c2)OCC3CC(=O)O)OC1(C)C. The van der Waals surface area contributed by atoms with E-state index in [1.54, 1.807) is 6.20 Å². The van der Waals surface area contributed by atoms with Gasteiger partial charge in [0.15, 0.2) is 0 Å². The van der Waals surface area contributed by atoms with Crippen LogP contribution in [0.2, 0.25) is 0 Å². The van der Waals surface area contributed by atoms with Gasteiger partial charge in [-0.05, 0) is 57.1 Å². The van der Waals surface area contributed by atoms with E-state index in [2.05, 4.69) is 56.2 Å². The minimum absolute atomic E-state index is 0.0322. The Hall–Kier alpha value is -2.58. The number of rotatable bonds is 5. The molecule has 2 N–H and O–H groups in total. The van der Waals surface area contributed by atoms with Crippen molar-refractivity contribution in [1.29, 1.82) is 0 Å². The van der Waals surface area contributed by atoms with E-state index in [1.165, 1.54) is 11.1 Å². The molecule has 0 spiro atoms. The van der Waals surface area contributed by atoms with Crippen molar-refractivity contribution >= 4 is 24.2 Å². The fourth-order valence-corrected chi connectivity index (χ4v) is 4.82. The second-order valence-corrected chi connectivity index (χ2v) is 9.95. The number of benzene rings is 1. The molecule has 2 aliphatic heterocycles. The first kappa shape index (κ1) is 21.3. The Morgan fingerprint density at radius 1 is 1.25 bits per heavy atom. The van der Waals surface area contributed by atoms with Crippen molar-refractivity contribution in [3.63, 3.8) is 0 Å². The molecule has 7 nitrogen and oxygen atoms in total. The molecule has 1 aliphatic carbocycles. The molecule has 0 amide bonds. The first-order valence-corrected chi connectivity index (χ1v) is 11.2. The number of carboxylic acid groups (broad SMARTS) is 1. The van der Waals surface area contributed by atoms with Crippen LogP contribution in [0.15, 0.2) is 30.5 Å². The molecule has 2 atom stereocenters. The summed E-state index contributed by atoms with van der Waals surface area (Å²) in [7, 11) is -0.366. The molecule has 1 aromatic heterocycles. The predicted octanol–water partition coefficient (Wildman–Crippen LogP) is 3.43. The van der Waals surface area contributed by atoms with E-state index in [9.17, 15) is 4.79 Å². The summed E-state index contributed by atoms with van der Waals surface area (Å²) < 4.78 is 18.3. The summed E-state index contributed by atoms with van der Waals surface area (Å²) in [5, 5.41) is 12.7. The third-order valence-corrected chi connectivity index (χ3v) is 7.28. The van der Waals surface area contributed by atoms with Gasteiger partial charge in [-0.25, -0.2) is 0 Å². The summed E-state index contributed by atoms with van der Waals surface area (Å²) in [4.78, 5) is 15.6. The first-order chi connectivity index (χ1) is 15.1. The maximum atomic E-state index is 11.1. The van der Waals surface area contributed by atoms with Crippen LogP contribution in [0.1, 0.15) is 69.3 Å². The monoisotopic (exact) mass is 436 g/mol. The Morgan fingerprint density at radius 2 is 2.00 bits per heavy atom. The fourth-order valence-electron chi connectivity index (χ4n) is 4.82. The molecular weight excluding hydrogens is 407 g/mol. The number of nitrogens with one attached hydrogen (secondary N) is 1. The fraction of sp³-hybridized carbons (Fsp3) is 0.500. The number of pyridine rings is 1. The van der Waals surface area contributed by atoms with Crippen LogP contribution in [0, 0.1) is 0 Å². The van der Waals surface area contributed by atoms with E-state index in [0.717, 1.165) is 29.7 Å². The summed E-state index contributed by atoms with van der Waals surface area (Å²) >= 11 is 0. The van der Waals surface area contributed by atoms with Crippen LogP contribution in [0.5, 0.6) is 5.75 Å². The van der Waals surface area contributed by atoms with Crippen molar-refractivity contribution in [3.8, 4) is 5.75 Å². The highest BCUT2D eigenvalue weighted by atomic mass is 16.7. The number of nitrogens with zero attached hydrogens (tertiary/aromatic N) is 1. The molecular formula is C24H29BN2O5. The van der Waals surface area contributed by atoms with E-state index in [1.807, 2.05) is 6.07 Å². The number of anilines is 1. The smallest absolute Gasteiger partial charge is 0.491 e. The van der Waals surface area contributed by atoms with Crippen LogP contribution < -0.4 is 15.5 Å². The number of hydrogen-bond acceptors (Lipinski definition) is 6. The molecule has 1 saturated heterocycles. The lowest BCUT2D eigenvalue weighted by molar-refractivity contribution is -0.137. The molecule has 8 heteroatoms. The Labute approximate surface area is 188 Å². The van der Waals surface area contributed by atoms with E-state index >= 15 is 0 Å². The Morgan fingerprint density at radius 3 is 2.72 bits per heavy atom. The zero-order chi connectivity index (χ0) is 22.7. The van der Waals surface area contributed by atoms with Gasteiger partial charge in [0.05, 0.1) is 47.8 Å². The third-order valence-electron chi connectivity index (χ3n) is 7.28. The summed E-state index contributed by atoms with van der Waals surface area (Å²) in [5.74, 6) is -0.354. The Kier molecular flexibility index (Phi) is 4.98. The van der Waals surface area contributed by atoms with E-state index < -0.39 is 5.97 Å². The molecule has 0 saturated carbocycles. The topological polar surface area (TPSA) is 89.9 Å². The molecule has 0 radical (unpaired) electrons. The standard InChI is InChI=1S/C24H29BN2O5/c1-23(2)24(3,4)32-25(31-23)18-7-5-6-17-16(18)8-9-19(17)27-15-11-20-22(26-12-15)14(13-30-20)10-21(28)29/h5-7,11-12,14,19,27H,8-10,13H2,1-4H3,(H,28,29)/t14?,19-/m1/s1. The number of ether oxygens (including phenoxy) is 1. The lowest BCUT2D eigenvalue weighted by Crippen LogP contribution is -2.41. The number of carboxylic acids is 1. The zero-order valence-electron chi connectivity index (χ0n) is 19.0. The molecule has 1 unspecified atom stereocenters. The normalized spacial score (nSPS) is 24.7. The zero-order valence-corrected chi connectivity index (χ0v) is 19.0. The highest BCUT2D eigenvalue weighted by Crippen LogP contribution is 2.40. The van der Waals surface area contributed by atoms with Crippen molar-refractivity contribution in [2.75, 3.05) is 11.9 Å².